The summed E-state index contributed by atoms with van der Waals surface area (Å²) in [6.07, 6.45) is 1.43. The second-order valence-electron chi connectivity index (χ2n) is 6.42. The fourth-order valence-electron chi connectivity index (χ4n) is 3.06. The van der Waals surface area contributed by atoms with E-state index in [-0.39, 0.29) is 30.5 Å². The molecule has 4 N–H and O–H groups in total. The number of rotatable bonds is 7. The Kier molecular flexibility index (Phi) is 5.49. The summed E-state index contributed by atoms with van der Waals surface area (Å²) in [6.45, 7) is 0.233. The summed E-state index contributed by atoms with van der Waals surface area (Å²) in [7, 11) is 0. The summed E-state index contributed by atoms with van der Waals surface area (Å²) >= 11 is 0. The molecule has 0 spiro atoms. The number of amides is 3. The van der Waals surface area contributed by atoms with Crippen LogP contribution in [0.3, 0.4) is 0 Å². The van der Waals surface area contributed by atoms with E-state index in [1.54, 1.807) is 12.1 Å². The maximum absolute atomic E-state index is 13.2. The van der Waals surface area contributed by atoms with Gasteiger partial charge < -0.3 is 25.7 Å². The van der Waals surface area contributed by atoms with E-state index in [4.69, 9.17) is 0 Å². The highest BCUT2D eigenvalue weighted by Gasteiger charge is 2.27. The molecule has 2 aromatic rings. The van der Waals surface area contributed by atoms with E-state index in [0.717, 1.165) is 0 Å². The highest BCUT2D eigenvalue weighted by atomic mass is 19.1. The number of aromatic amines is 1. The predicted molar refractivity (Wildman–Crippen MR) is 94.3 cm³/mol. The third-order valence-electron chi connectivity index (χ3n) is 4.45. The number of carbonyl (C=O) groups excluding carboxylic acids is 4. The van der Waals surface area contributed by atoms with E-state index in [1.165, 1.54) is 12.1 Å². The Labute approximate surface area is 153 Å². The minimum atomic E-state index is -0.792. The van der Waals surface area contributed by atoms with Gasteiger partial charge in [-0.25, -0.2) is 4.39 Å². The van der Waals surface area contributed by atoms with Crippen LogP contribution in [0.1, 0.15) is 23.3 Å². The van der Waals surface area contributed by atoms with Crippen molar-refractivity contribution in [3.63, 3.8) is 0 Å². The Morgan fingerprint density at radius 2 is 2.15 bits per heavy atom. The van der Waals surface area contributed by atoms with Crippen LogP contribution in [0.2, 0.25) is 0 Å². The molecule has 0 aliphatic carbocycles. The van der Waals surface area contributed by atoms with Crippen LogP contribution in [-0.4, -0.2) is 48.1 Å². The van der Waals surface area contributed by atoms with Gasteiger partial charge in [0.2, 0.25) is 11.8 Å². The number of aromatic nitrogens is 1. The van der Waals surface area contributed by atoms with Gasteiger partial charge in [0.1, 0.15) is 17.8 Å². The lowest BCUT2D eigenvalue weighted by atomic mass is 9.99. The quantitative estimate of drug-likeness (QED) is 0.519. The first-order valence-electron chi connectivity index (χ1n) is 8.55. The summed E-state index contributed by atoms with van der Waals surface area (Å²) in [4.78, 5) is 49.6. The number of H-pyrrole nitrogens is 1. The van der Waals surface area contributed by atoms with Crippen LogP contribution < -0.4 is 16.0 Å². The average Bonchev–Trinajstić information content (AvgIpc) is 3.24. The van der Waals surface area contributed by atoms with Gasteiger partial charge in [-0.15, -0.1) is 0 Å². The van der Waals surface area contributed by atoms with Gasteiger partial charge in [0.05, 0.1) is 12.6 Å². The van der Waals surface area contributed by atoms with Crippen LogP contribution >= 0.6 is 0 Å². The molecule has 1 aromatic heterocycles. The second-order valence-corrected chi connectivity index (χ2v) is 6.42. The number of nitrogens with one attached hydrogen (secondary N) is 4. The van der Waals surface area contributed by atoms with Crippen molar-refractivity contribution in [2.45, 2.75) is 18.9 Å². The molecule has 1 fully saturated rings. The van der Waals surface area contributed by atoms with Crippen molar-refractivity contribution in [3.8, 4) is 0 Å². The first-order chi connectivity index (χ1) is 13.0. The minimum absolute atomic E-state index is 0.125. The molecule has 8 nitrogen and oxygen atoms in total. The fraction of sp³-hybridized carbons (Fsp3) is 0.333. The highest BCUT2D eigenvalue weighted by molar-refractivity contribution is 5.99. The number of hydrogen-bond acceptors (Lipinski definition) is 4. The molecule has 142 valence electrons. The summed E-state index contributed by atoms with van der Waals surface area (Å²) in [6, 6.07) is 4.86. The molecule has 0 bridgehead atoms. The molecule has 2 heterocycles. The SMILES string of the molecule is O=C[C@H](CC1CCNC1=O)NC(=O)CNC(=O)c1cc2ccc(F)cc2[nH]1. The second kappa shape index (κ2) is 7.98. The first-order valence-corrected chi connectivity index (χ1v) is 8.55. The predicted octanol–water partition coefficient (Wildman–Crippen LogP) is 0.247. The number of fused-ring (bicyclic) bond motifs is 1. The molecule has 9 heteroatoms. The van der Waals surface area contributed by atoms with Crippen LogP contribution in [0.25, 0.3) is 10.9 Å². The average molecular weight is 374 g/mol. The topological polar surface area (TPSA) is 120 Å². The summed E-state index contributed by atoms with van der Waals surface area (Å²) in [5, 5.41) is 8.27. The van der Waals surface area contributed by atoms with Crippen LogP contribution in [-0.2, 0) is 14.4 Å². The third kappa shape index (κ3) is 4.49. The maximum atomic E-state index is 13.2. The van der Waals surface area contributed by atoms with Gasteiger partial charge in [-0.3, -0.25) is 14.4 Å². The van der Waals surface area contributed by atoms with Crippen molar-refractivity contribution < 1.29 is 23.6 Å². The number of aldehydes is 1. The smallest absolute Gasteiger partial charge is 0.268 e. The third-order valence-corrected chi connectivity index (χ3v) is 4.45. The molecular formula is C18H19FN4O4. The molecule has 27 heavy (non-hydrogen) atoms. The number of halogens is 1. The Bertz CT molecular complexity index is 895. The normalized spacial score (nSPS) is 17.4. The summed E-state index contributed by atoms with van der Waals surface area (Å²) in [5.41, 5.74) is 0.665. The van der Waals surface area contributed by atoms with Gasteiger partial charge in [0.25, 0.3) is 5.91 Å². The first kappa shape index (κ1) is 18.6. The number of hydrogen-bond donors (Lipinski definition) is 4. The van der Waals surface area contributed by atoms with Gasteiger partial charge in [-0.2, -0.15) is 0 Å². The Morgan fingerprint density at radius 3 is 2.85 bits per heavy atom. The Balaban J connectivity index is 1.51. The molecule has 2 atom stereocenters. The van der Waals surface area contributed by atoms with E-state index >= 15 is 0 Å². The van der Waals surface area contributed by atoms with Crippen molar-refractivity contribution >= 4 is 34.9 Å². The van der Waals surface area contributed by atoms with Crippen molar-refractivity contribution in [2.75, 3.05) is 13.1 Å². The van der Waals surface area contributed by atoms with E-state index in [0.29, 0.717) is 30.2 Å². The summed E-state index contributed by atoms with van der Waals surface area (Å²) < 4.78 is 13.2. The van der Waals surface area contributed by atoms with Gasteiger partial charge in [0.15, 0.2) is 0 Å². The maximum Gasteiger partial charge on any atom is 0.268 e. The molecule has 1 aliphatic rings. The van der Waals surface area contributed by atoms with Crippen LogP contribution in [0.5, 0.6) is 0 Å². The molecule has 1 aromatic carbocycles. The van der Waals surface area contributed by atoms with Crippen LogP contribution in [0.15, 0.2) is 24.3 Å². The van der Waals surface area contributed by atoms with Gasteiger partial charge in [-0.1, -0.05) is 0 Å². The van der Waals surface area contributed by atoms with Gasteiger partial charge in [0, 0.05) is 23.4 Å². The molecule has 1 saturated heterocycles. The molecule has 0 saturated carbocycles. The zero-order chi connectivity index (χ0) is 19.4. The number of benzene rings is 1. The van der Waals surface area contributed by atoms with Crippen molar-refractivity contribution in [2.24, 2.45) is 5.92 Å². The fourth-order valence-corrected chi connectivity index (χ4v) is 3.06. The number of carbonyl (C=O) groups is 4. The highest BCUT2D eigenvalue weighted by Crippen LogP contribution is 2.17. The molecule has 0 radical (unpaired) electrons. The van der Waals surface area contributed by atoms with E-state index < -0.39 is 23.7 Å². The lowest BCUT2D eigenvalue weighted by Crippen LogP contribution is -2.44. The zero-order valence-electron chi connectivity index (χ0n) is 14.4. The zero-order valence-corrected chi connectivity index (χ0v) is 14.4. The lowest BCUT2D eigenvalue weighted by Gasteiger charge is -2.15. The lowest BCUT2D eigenvalue weighted by molar-refractivity contribution is -0.125. The van der Waals surface area contributed by atoms with Crippen molar-refractivity contribution in [3.05, 3.63) is 35.8 Å². The van der Waals surface area contributed by atoms with E-state index in [2.05, 4.69) is 20.9 Å². The van der Waals surface area contributed by atoms with Gasteiger partial charge >= 0.3 is 0 Å². The van der Waals surface area contributed by atoms with E-state index in [9.17, 15) is 23.6 Å². The van der Waals surface area contributed by atoms with Gasteiger partial charge in [-0.05, 0) is 37.1 Å². The summed E-state index contributed by atoms with van der Waals surface area (Å²) in [5.74, 6) is -1.92. The molecule has 1 aliphatic heterocycles. The van der Waals surface area contributed by atoms with Crippen LogP contribution in [0, 0.1) is 11.7 Å². The van der Waals surface area contributed by atoms with E-state index in [1.807, 2.05) is 0 Å². The molecule has 1 unspecified atom stereocenters. The molecule has 3 amide bonds. The minimum Gasteiger partial charge on any atom is -0.356 e. The molecule has 3 rings (SSSR count). The monoisotopic (exact) mass is 374 g/mol. The van der Waals surface area contributed by atoms with Crippen molar-refractivity contribution in [1.82, 2.24) is 20.9 Å². The Hall–Kier alpha value is -3.23. The largest absolute Gasteiger partial charge is 0.356 e. The standard InChI is InChI=1S/C18H19FN4O4/c19-12-2-1-10-6-15(23-14(10)7-12)18(27)21-8-16(25)22-13(9-24)5-11-3-4-20-17(11)26/h1-2,6-7,9,11,13,23H,3-5,8H2,(H,20,26)(H,21,27)(H,22,25)/t11?,13-/m0/s1. The molecular weight excluding hydrogens is 355 g/mol. The van der Waals surface area contributed by atoms with Crippen LogP contribution in [0.4, 0.5) is 4.39 Å². The Morgan fingerprint density at radius 1 is 1.33 bits per heavy atom. The van der Waals surface area contributed by atoms with Crippen molar-refractivity contribution in [1.29, 1.82) is 0 Å².